The minimum Gasteiger partial charge on any atom is -0.321 e. The summed E-state index contributed by atoms with van der Waals surface area (Å²) in [6, 6.07) is 7.75. The summed E-state index contributed by atoms with van der Waals surface area (Å²) in [6.07, 6.45) is 1.35. The predicted molar refractivity (Wildman–Crippen MR) is 110 cm³/mol. The molecule has 0 saturated heterocycles. The zero-order valence-corrected chi connectivity index (χ0v) is 18.0. The van der Waals surface area contributed by atoms with Crippen LogP contribution in [0.4, 0.5) is 5.69 Å². The highest BCUT2D eigenvalue weighted by Crippen LogP contribution is 2.31. The average molecular weight is 429 g/mol. The maximum atomic E-state index is 12.9. The van der Waals surface area contributed by atoms with Crippen LogP contribution in [-0.4, -0.2) is 32.7 Å². The normalized spacial score (nSPS) is 11.7. The molecule has 2 aromatic rings. The topological polar surface area (TPSA) is 66.5 Å². The van der Waals surface area contributed by atoms with Crippen LogP contribution in [-0.2, 0) is 22.9 Å². The number of carbonyl (C=O) groups is 1. The number of hydrogen-bond donors (Lipinski definition) is 1. The lowest BCUT2D eigenvalue weighted by molar-refractivity contribution is 0.102. The van der Waals surface area contributed by atoms with Crippen LogP contribution in [0.1, 0.15) is 35.3 Å². The molecule has 0 aliphatic rings. The Bertz CT molecular complexity index is 973. The lowest BCUT2D eigenvalue weighted by atomic mass is 10.0. The van der Waals surface area contributed by atoms with Crippen molar-refractivity contribution in [3.63, 3.8) is 0 Å². The van der Waals surface area contributed by atoms with Crippen molar-refractivity contribution < 1.29 is 13.2 Å². The van der Waals surface area contributed by atoms with Gasteiger partial charge in [0.15, 0.2) is 0 Å². The van der Waals surface area contributed by atoms with E-state index >= 15 is 0 Å². The van der Waals surface area contributed by atoms with Crippen LogP contribution in [0.25, 0.3) is 0 Å². The maximum absolute atomic E-state index is 12.9. The summed E-state index contributed by atoms with van der Waals surface area (Å²) >= 11 is 12.4. The molecule has 0 radical (unpaired) electrons. The first-order valence-corrected chi connectivity index (χ1v) is 10.7. The molecule has 0 atom stereocenters. The lowest BCUT2D eigenvalue weighted by Crippen LogP contribution is -2.23. The number of hydrogen-bond acceptors (Lipinski definition) is 3. The highest BCUT2D eigenvalue weighted by Gasteiger charge is 2.22. The standard InChI is InChI=1S/C19H22Cl2N2O3S/c1-5-12-7-9-16(20)14(6-2)18(12)22-19(24)15-11-13(8-10-17(15)21)27(25,26)23(3)4/h7-11H,5-6H2,1-4H3,(H,22,24). The van der Waals surface area contributed by atoms with Gasteiger partial charge in [-0.1, -0.05) is 43.1 Å². The van der Waals surface area contributed by atoms with E-state index in [1.165, 1.54) is 32.3 Å². The van der Waals surface area contributed by atoms with Crippen molar-refractivity contribution in [1.29, 1.82) is 0 Å². The molecule has 0 unspecified atom stereocenters. The Morgan fingerprint density at radius 3 is 2.22 bits per heavy atom. The van der Waals surface area contributed by atoms with E-state index in [0.717, 1.165) is 15.4 Å². The zero-order valence-electron chi connectivity index (χ0n) is 15.6. The van der Waals surface area contributed by atoms with Crippen LogP contribution in [0.5, 0.6) is 0 Å². The second-order valence-electron chi connectivity index (χ2n) is 6.15. The summed E-state index contributed by atoms with van der Waals surface area (Å²) in [5.74, 6) is -0.484. The SMILES string of the molecule is CCc1ccc(Cl)c(CC)c1NC(=O)c1cc(S(=O)(=O)N(C)C)ccc1Cl. The van der Waals surface area contributed by atoms with Crippen LogP contribution in [0.15, 0.2) is 35.2 Å². The molecular formula is C19H22Cl2N2O3S. The fraction of sp³-hybridized carbons (Fsp3) is 0.316. The molecule has 0 fully saturated rings. The number of carbonyl (C=O) groups excluding carboxylic acids is 1. The molecule has 2 rings (SSSR count). The van der Waals surface area contributed by atoms with Crippen molar-refractivity contribution in [2.24, 2.45) is 0 Å². The quantitative estimate of drug-likeness (QED) is 0.729. The number of amides is 1. The molecule has 0 aliphatic heterocycles. The number of anilines is 1. The second kappa shape index (κ2) is 8.61. The van der Waals surface area contributed by atoms with Gasteiger partial charge in [0.1, 0.15) is 0 Å². The Balaban J connectivity index is 2.50. The third-order valence-electron chi connectivity index (χ3n) is 4.28. The largest absolute Gasteiger partial charge is 0.321 e. The molecule has 0 aliphatic carbocycles. The summed E-state index contributed by atoms with van der Waals surface area (Å²) in [7, 11) is -0.827. The van der Waals surface area contributed by atoms with Crippen LogP contribution < -0.4 is 5.32 Å². The molecule has 1 amide bonds. The van der Waals surface area contributed by atoms with Crippen LogP contribution in [0.3, 0.4) is 0 Å². The average Bonchev–Trinajstić information content (AvgIpc) is 2.62. The van der Waals surface area contributed by atoms with Crippen molar-refractivity contribution in [2.45, 2.75) is 31.6 Å². The van der Waals surface area contributed by atoms with Gasteiger partial charge >= 0.3 is 0 Å². The molecule has 0 bridgehead atoms. The molecule has 0 heterocycles. The summed E-state index contributed by atoms with van der Waals surface area (Å²) < 4.78 is 25.8. The number of benzene rings is 2. The molecule has 8 heteroatoms. The highest BCUT2D eigenvalue weighted by atomic mass is 35.5. The van der Waals surface area contributed by atoms with Crippen molar-refractivity contribution in [3.05, 3.63) is 57.1 Å². The molecular weight excluding hydrogens is 407 g/mol. The van der Waals surface area contributed by atoms with Gasteiger partial charge in [0.2, 0.25) is 10.0 Å². The molecule has 27 heavy (non-hydrogen) atoms. The smallest absolute Gasteiger partial charge is 0.257 e. The maximum Gasteiger partial charge on any atom is 0.257 e. The van der Waals surface area contributed by atoms with Gasteiger partial charge in [0.25, 0.3) is 5.91 Å². The Kier molecular flexibility index (Phi) is 6.92. The Labute approximate surface area is 170 Å². The molecule has 0 spiro atoms. The third kappa shape index (κ3) is 4.46. The number of sulfonamides is 1. The molecule has 0 aromatic heterocycles. The van der Waals surface area contributed by atoms with Gasteiger partial charge in [0.05, 0.1) is 15.5 Å². The fourth-order valence-electron chi connectivity index (χ4n) is 2.70. The number of aryl methyl sites for hydroxylation is 1. The van der Waals surface area contributed by atoms with Gasteiger partial charge in [-0.2, -0.15) is 0 Å². The van der Waals surface area contributed by atoms with Crippen LogP contribution in [0.2, 0.25) is 10.0 Å². The summed E-state index contributed by atoms with van der Waals surface area (Å²) in [5.41, 5.74) is 2.51. The van der Waals surface area contributed by atoms with Crippen molar-refractivity contribution >= 4 is 44.8 Å². The highest BCUT2D eigenvalue weighted by molar-refractivity contribution is 7.89. The van der Waals surface area contributed by atoms with Crippen LogP contribution >= 0.6 is 23.2 Å². The van der Waals surface area contributed by atoms with E-state index in [2.05, 4.69) is 5.32 Å². The second-order valence-corrected chi connectivity index (χ2v) is 9.12. The number of nitrogens with zero attached hydrogens (tertiary/aromatic N) is 1. The van der Waals surface area contributed by atoms with E-state index in [1.807, 2.05) is 26.0 Å². The molecule has 2 aromatic carbocycles. The Morgan fingerprint density at radius 1 is 1.04 bits per heavy atom. The molecule has 0 saturated carbocycles. The van der Waals surface area contributed by atoms with Gasteiger partial charge in [-0.05, 0) is 48.2 Å². The van der Waals surface area contributed by atoms with E-state index in [-0.39, 0.29) is 15.5 Å². The Morgan fingerprint density at radius 2 is 1.67 bits per heavy atom. The number of rotatable bonds is 6. The predicted octanol–water partition coefficient (Wildman–Crippen LogP) is 4.62. The van der Waals surface area contributed by atoms with Crippen molar-refractivity contribution in [3.8, 4) is 0 Å². The lowest BCUT2D eigenvalue weighted by Gasteiger charge is -2.17. The number of halogens is 2. The van der Waals surface area contributed by atoms with Crippen molar-refractivity contribution in [2.75, 3.05) is 19.4 Å². The fourth-order valence-corrected chi connectivity index (χ4v) is 4.12. The first-order valence-electron chi connectivity index (χ1n) is 8.47. The third-order valence-corrected chi connectivity index (χ3v) is 6.77. The first kappa shape index (κ1) is 21.7. The summed E-state index contributed by atoms with van der Waals surface area (Å²) in [6.45, 7) is 3.93. The van der Waals surface area contributed by atoms with Crippen molar-refractivity contribution in [1.82, 2.24) is 4.31 Å². The minimum absolute atomic E-state index is 0.000394. The van der Waals surface area contributed by atoms with E-state index in [9.17, 15) is 13.2 Å². The van der Waals surface area contributed by atoms with Gasteiger partial charge in [0, 0.05) is 24.8 Å². The van der Waals surface area contributed by atoms with Crippen LogP contribution in [0, 0.1) is 0 Å². The van der Waals surface area contributed by atoms with E-state index in [4.69, 9.17) is 23.2 Å². The van der Waals surface area contributed by atoms with E-state index in [1.54, 1.807) is 0 Å². The van der Waals surface area contributed by atoms with E-state index in [0.29, 0.717) is 23.6 Å². The Hall–Kier alpha value is -1.60. The molecule has 146 valence electrons. The summed E-state index contributed by atoms with van der Waals surface area (Å²) in [4.78, 5) is 12.9. The monoisotopic (exact) mass is 428 g/mol. The first-order chi connectivity index (χ1) is 12.6. The number of nitrogens with one attached hydrogen (secondary N) is 1. The van der Waals surface area contributed by atoms with Gasteiger partial charge in [-0.3, -0.25) is 4.79 Å². The minimum atomic E-state index is -3.68. The van der Waals surface area contributed by atoms with Gasteiger partial charge in [-0.25, -0.2) is 12.7 Å². The molecule has 5 nitrogen and oxygen atoms in total. The zero-order chi connectivity index (χ0) is 20.4. The van der Waals surface area contributed by atoms with Gasteiger partial charge < -0.3 is 5.32 Å². The van der Waals surface area contributed by atoms with E-state index < -0.39 is 15.9 Å². The van der Waals surface area contributed by atoms with Gasteiger partial charge in [-0.15, -0.1) is 0 Å². The summed E-state index contributed by atoms with van der Waals surface area (Å²) in [5, 5.41) is 3.61. The molecule has 1 N–H and O–H groups in total.